The summed E-state index contributed by atoms with van der Waals surface area (Å²) in [5, 5.41) is 3.50. The number of methoxy groups -OCH3 is 1. The van der Waals surface area contributed by atoms with Gasteiger partial charge in [0.15, 0.2) is 0 Å². The maximum absolute atomic E-state index is 12.4. The van der Waals surface area contributed by atoms with Crippen LogP contribution in [-0.2, 0) is 4.79 Å². The van der Waals surface area contributed by atoms with Crippen LogP contribution in [-0.4, -0.2) is 25.5 Å². The van der Waals surface area contributed by atoms with E-state index in [0.717, 1.165) is 12.8 Å². The SMILES string of the molecule is COc1cc(NC(=O)c2ccc(Cl)c(Cl)c2)ccc1N1CCCCC1=O. The predicted molar refractivity (Wildman–Crippen MR) is 104 cm³/mol. The Labute approximate surface area is 161 Å². The molecule has 1 aliphatic heterocycles. The minimum atomic E-state index is -0.313. The average Bonchev–Trinajstić information content (AvgIpc) is 2.64. The lowest BCUT2D eigenvalue weighted by Crippen LogP contribution is -2.35. The number of anilines is 2. The largest absolute Gasteiger partial charge is 0.494 e. The van der Waals surface area contributed by atoms with Gasteiger partial charge in [0.2, 0.25) is 5.91 Å². The number of halogens is 2. The van der Waals surface area contributed by atoms with Gasteiger partial charge >= 0.3 is 0 Å². The Hall–Kier alpha value is -2.24. The molecule has 26 heavy (non-hydrogen) atoms. The maximum Gasteiger partial charge on any atom is 0.255 e. The van der Waals surface area contributed by atoms with E-state index in [1.54, 1.807) is 35.2 Å². The van der Waals surface area contributed by atoms with Crippen molar-refractivity contribution in [2.45, 2.75) is 19.3 Å². The predicted octanol–water partition coefficient (Wildman–Crippen LogP) is 4.77. The number of ether oxygens (including phenoxy) is 1. The van der Waals surface area contributed by atoms with Gasteiger partial charge < -0.3 is 15.0 Å². The molecule has 136 valence electrons. The first kappa shape index (κ1) is 18.5. The fourth-order valence-corrected chi connectivity index (χ4v) is 3.18. The molecule has 5 nitrogen and oxygen atoms in total. The molecular weight excluding hydrogens is 375 g/mol. The lowest BCUT2D eigenvalue weighted by Gasteiger charge is -2.28. The molecule has 0 aliphatic carbocycles. The van der Waals surface area contributed by atoms with Crippen molar-refractivity contribution in [3.63, 3.8) is 0 Å². The molecule has 0 atom stereocenters. The summed E-state index contributed by atoms with van der Waals surface area (Å²) in [6, 6.07) is 9.91. The topological polar surface area (TPSA) is 58.6 Å². The first-order valence-electron chi connectivity index (χ1n) is 8.24. The highest BCUT2D eigenvalue weighted by atomic mass is 35.5. The Morgan fingerprint density at radius 1 is 1.12 bits per heavy atom. The van der Waals surface area contributed by atoms with Crippen LogP contribution in [0, 0.1) is 0 Å². The Morgan fingerprint density at radius 2 is 1.92 bits per heavy atom. The Kier molecular flexibility index (Phi) is 5.69. The first-order valence-corrected chi connectivity index (χ1v) is 9.00. The molecule has 0 spiro atoms. The first-order chi connectivity index (χ1) is 12.5. The van der Waals surface area contributed by atoms with E-state index < -0.39 is 0 Å². The molecule has 0 bridgehead atoms. The number of carbonyl (C=O) groups is 2. The van der Waals surface area contributed by atoms with Crippen LogP contribution in [0.5, 0.6) is 5.75 Å². The molecule has 1 fully saturated rings. The van der Waals surface area contributed by atoms with Crippen LogP contribution in [0.1, 0.15) is 29.6 Å². The Bertz CT molecular complexity index is 855. The third kappa shape index (κ3) is 3.94. The number of nitrogens with zero attached hydrogens (tertiary/aromatic N) is 1. The highest BCUT2D eigenvalue weighted by Crippen LogP contribution is 2.33. The fraction of sp³-hybridized carbons (Fsp3) is 0.263. The molecule has 7 heteroatoms. The molecule has 0 radical (unpaired) electrons. The molecule has 1 saturated heterocycles. The molecule has 1 heterocycles. The number of benzene rings is 2. The lowest BCUT2D eigenvalue weighted by atomic mass is 10.1. The second kappa shape index (κ2) is 7.98. The molecule has 2 amide bonds. The van der Waals surface area contributed by atoms with Gasteiger partial charge in [-0.2, -0.15) is 0 Å². The highest BCUT2D eigenvalue weighted by Gasteiger charge is 2.22. The number of amides is 2. The number of hydrogen-bond donors (Lipinski definition) is 1. The van der Waals surface area contributed by atoms with E-state index in [4.69, 9.17) is 27.9 Å². The smallest absolute Gasteiger partial charge is 0.255 e. The zero-order chi connectivity index (χ0) is 18.7. The molecule has 3 rings (SSSR count). The molecule has 0 saturated carbocycles. The normalized spacial score (nSPS) is 14.3. The fourth-order valence-electron chi connectivity index (χ4n) is 2.88. The third-order valence-corrected chi connectivity index (χ3v) is 4.97. The van der Waals surface area contributed by atoms with E-state index in [1.165, 1.54) is 13.2 Å². The van der Waals surface area contributed by atoms with Crippen LogP contribution in [0.15, 0.2) is 36.4 Å². The summed E-state index contributed by atoms with van der Waals surface area (Å²) in [4.78, 5) is 26.3. The van der Waals surface area contributed by atoms with Gasteiger partial charge in [0.1, 0.15) is 5.75 Å². The van der Waals surface area contributed by atoms with Crippen molar-refractivity contribution in [3.05, 3.63) is 52.0 Å². The number of carbonyl (C=O) groups excluding carboxylic acids is 2. The van der Waals surface area contributed by atoms with E-state index in [2.05, 4.69) is 5.32 Å². The van der Waals surface area contributed by atoms with Gasteiger partial charge in [0, 0.05) is 30.3 Å². The van der Waals surface area contributed by atoms with Gasteiger partial charge in [-0.05, 0) is 43.2 Å². The molecule has 2 aromatic rings. The summed E-state index contributed by atoms with van der Waals surface area (Å²) in [6.07, 6.45) is 2.42. The van der Waals surface area contributed by atoms with Crippen molar-refractivity contribution in [2.24, 2.45) is 0 Å². The summed E-state index contributed by atoms with van der Waals surface area (Å²) in [7, 11) is 1.54. The second-order valence-electron chi connectivity index (χ2n) is 5.97. The number of hydrogen-bond acceptors (Lipinski definition) is 3. The minimum absolute atomic E-state index is 0.0853. The molecule has 0 aromatic heterocycles. The van der Waals surface area contributed by atoms with Gasteiger partial charge in [-0.25, -0.2) is 0 Å². The van der Waals surface area contributed by atoms with Crippen molar-refractivity contribution < 1.29 is 14.3 Å². The van der Waals surface area contributed by atoms with Gasteiger partial charge in [-0.3, -0.25) is 9.59 Å². The van der Waals surface area contributed by atoms with E-state index >= 15 is 0 Å². The molecule has 1 N–H and O–H groups in total. The van der Waals surface area contributed by atoms with Gasteiger partial charge in [-0.15, -0.1) is 0 Å². The van der Waals surface area contributed by atoms with Crippen LogP contribution < -0.4 is 15.0 Å². The van der Waals surface area contributed by atoms with Crippen molar-refractivity contribution in [3.8, 4) is 5.75 Å². The highest BCUT2D eigenvalue weighted by molar-refractivity contribution is 6.42. The second-order valence-corrected chi connectivity index (χ2v) is 6.79. The zero-order valence-corrected chi connectivity index (χ0v) is 15.7. The average molecular weight is 393 g/mol. The van der Waals surface area contributed by atoms with Crippen LogP contribution in [0.3, 0.4) is 0 Å². The quantitative estimate of drug-likeness (QED) is 0.814. The maximum atomic E-state index is 12.4. The van der Waals surface area contributed by atoms with Crippen LogP contribution in [0.2, 0.25) is 10.0 Å². The third-order valence-electron chi connectivity index (χ3n) is 4.23. The monoisotopic (exact) mass is 392 g/mol. The van der Waals surface area contributed by atoms with Crippen molar-refractivity contribution in [1.29, 1.82) is 0 Å². The van der Waals surface area contributed by atoms with E-state index in [1.807, 2.05) is 0 Å². The Balaban J connectivity index is 1.81. The van der Waals surface area contributed by atoms with Crippen LogP contribution >= 0.6 is 23.2 Å². The van der Waals surface area contributed by atoms with Crippen molar-refractivity contribution in [1.82, 2.24) is 0 Å². The van der Waals surface area contributed by atoms with Crippen LogP contribution in [0.4, 0.5) is 11.4 Å². The molecule has 2 aromatic carbocycles. The van der Waals surface area contributed by atoms with E-state index in [-0.39, 0.29) is 11.8 Å². The molecular formula is C19H18Cl2N2O3. The van der Waals surface area contributed by atoms with Gasteiger partial charge in [0.25, 0.3) is 5.91 Å². The number of piperidine rings is 1. The summed E-state index contributed by atoms with van der Waals surface area (Å²) in [5.74, 6) is 0.307. The van der Waals surface area contributed by atoms with Gasteiger partial charge in [0.05, 0.1) is 22.8 Å². The van der Waals surface area contributed by atoms with Crippen LogP contribution in [0.25, 0.3) is 0 Å². The number of nitrogens with one attached hydrogen (secondary N) is 1. The summed E-state index contributed by atoms with van der Waals surface area (Å²) in [5.41, 5.74) is 1.67. The molecule has 1 aliphatic rings. The Morgan fingerprint density at radius 3 is 2.62 bits per heavy atom. The standard InChI is InChI=1S/C19H18Cl2N2O3/c1-26-17-11-13(6-8-16(17)23-9-3-2-4-18(23)24)22-19(25)12-5-7-14(20)15(21)10-12/h5-8,10-11H,2-4,9H2,1H3,(H,22,25). The minimum Gasteiger partial charge on any atom is -0.494 e. The van der Waals surface area contributed by atoms with Gasteiger partial charge in [-0.1, -0.05) is 23.2 Å². The summed E-state index contributed by atoms with van der Waals surface area (Å²) >= 11 is 11.8. The number of rotatable bonds is 4. The van der Waals surface area contributed by atoms with Crippen molar-refractivity contribution >= 4 is 46.4 Å². The van der Waals surface area contributed by atoms with E-state index in [9.17, 15) is 9.59 Å². The summed E-state index contributed by atoms with van der Waals surface area (Å²) in [6.45, 7) is 0.671. The lowest BCUT2D eigenvalue weighted by molar-refractivity contribution is -0.119. The molecule has 0 unspecified atom stereocenters. The summed E-state index contributed by atoms with van der Waals surface area (Å²) < 4.78 is 5.43. The van der Waals surface area contributed by atoms with Crippen molar-refractivity contribution in [2.75, 3.05) is 23.9 Å². The zero-order valence-electron chi connectivity index (χ0n) is 14.2. The van der Waals surface area contributed by atoms with E-state index in [0.29, 0.717) is 45.7 Å².